The van der Waals surface area contributed by atoms with E-state index in [1.807, 2.05) is 4.68 Å². The Bertz CT molecular complexity index is 540. The van der Waals surface area contributed by atoms with Crippen LogP contribution in [0.4, 0.5) is 0 Å². The monoisotopic (exact) mass is 246 g/mol. The van der Waals surface area contributed by atoms with E-state index in [4.69, 9.17) is 11.6 Å². The smallest absolute Gasteiger partial charge is 0.130 e. The molecule has 0 unspecified atom stereocenters. The highest BCUT2D eigenvalue weighted by atomic mass is 35.5. The van der Waals surface area contributed by atoms with Crippen LogP contribution in [0.3, 0.4) is 0 Å². The van der Waals surface area contributed by atoms with Crippen LogP contribution in [0.5, 0.6) is 0 Å². The molecule has 1 aliphatic carbocycles. The molecular formula is C14H15ClN2. The zero-order valence-electron chi connectivity index (χ0n) is 9.91. The van der Waals surface area contributed by atoms with Crippen LogP contribution < -0.4 is 0 Å². The van der Waals surface area contributed by atoms with Crippen LogP contribution in [-0.2, 0) is 19.4 Å². The summed E-state index contributed by atoms with van der Waals surface area (Å²) in [4.78, 5) is 0. The van der Waals surface area contributed by atoms with E-state index in [1.165, 1.54) is 28.8 Å². The van der Waals surface area contributed by atoms with Crippen LogP contribution in [0.2, 0.25) is 5.15 Å². The lowest BCUT2D eigenvalue weighted by Crippen LogP contribution is -2.03. The third-order valence-corrected chi connectivity index (χ3v) is 3.78. The van der Waals surface area contributed by atoms with Gasteiger partial charge >= 0.3 is 0 Å². The van der Waals surface area contributed by atoms with Crippen molar-refractivity contribution in [1.82, 2.24) is 9.78 Å². The molecule has 2 aromatic rings. The Hall–Kier alpha value is -1.28. The number of fused-ring (bicyclic) bond motifs is 1. The van der Waals surface area contributed by atoms with Gasteiger partial charge in [-0.1, -0.05) is 41.4 Å². The first-order valence-electron chi connectivity index (χ1n) is 6.03. The second-order valence-corrected chi connectivity index (χ2v) is 5.07. The Labute approximate surface area is 106 Å². The quantitative estimate of drug-likeness (QED) is 0.794. The van der Waals surface area contributed by atoms with Crippen LogP contribution in [0.1, 0.15) is 28.8 Å². The standard InChI is InChI=1S/C14H15ClN2/c1-10-5-7-11(8-6-10)9-17-14(15)12-3-2-4-13(12)16-17/h5-8H,2-4,9H2,1H3. The Morgan fingerprint density at radius 1 is 1.24 bits per heavy atom. The van der Waals surface area contributed by atoms with Crippen molar-refractivity contribution in [1.29, 1.82) is 0 Å². The summed E-state index contributed by atoms with van der Waals surface area (Å²) in [7, 11) is 0. The summed E-state index contributed by atoms with van der Waals surface area (Å²) in [5, 5.41) is 5.42. The van der Waals surface area contributed by atoms with Crippen molar-refractivity contribution in [2.24, 2.45) is 0 Å². The van der Waals surface area contributed by atoms with Crippen molar-refractivity contribution in [3.05, 3.63) is 51.8 Å². The van der Waals surface area contributed by atoms with Gasteiger partial charge in [-0.05, 0) is 31.7 Å². The summed E-state index contributed by atoms with van der Waals surface area (Å²) in [6.07, 6.45) is 3.36. The van der Waals surface area contributed by atoms with Crippen LogP contribution in [0.15, 0.2) is 24.3 Å². The van der Waals surface area contributed by atoms with E-state index in [1.54, 1.807) is 0 Å². The molecule has 0 spiro atoms. The summed E-state index contributed by atoms with van der Waals surface area (Å²) >= 11 is 6.35. The molecule has 0 atom stereocenters. The maximum absolute atomic E-state index is 6.35. The van der Waals surface area contributed by atoms with Gasteiger partial charge in [0.2, 0.25) is 0 Å². The van der Waals surface area contributed by atoms with Gasteiger partial charge in [0, 0.05) is 5.56 Å². The molecule has 0 N–H and O–H groups in total. The molecule has 0 aliphatic heterocycles. The van der Waals surface area contributed by atoms with Crippen molar-refractivity contribution in [2.45, 2.75) is 32.7 Å². The second-order valence-electron chi connectivity index (χ2n) is 4.71. The van der Waals surface area contributed by atoms with Gasteiger partial charge in [-0.3, -0.25) is 0 Å². The molecule has 1 aliphatic rings. The van der Waals surface area contributed by atoms with Gasteiger partial charge in [0.05, 0.1) is 12.2 Å². The van der Waals surface area contributed by atoms with E-state index in [9.17, 15) is 0 Å². The molecule has 0 fully saturated rings. The van der Waals surface area contributed by atoms with Crippen molar-refractivity contribution in [2.75, 3.05) is 0 Å². The lowest BCUT2D eigenvalue weighted by molar-refractivity contribution is 0.664. The molecule has 1 heterocycles. The molecule has 3 heteroatoms. The van der Waals surface area contributed by atoms with Gasteiger partial charge in [-0.2, -0.15) is 5.10 Å². The number of aromatic nitrogens is 2. The Morgan fingerprint density at radius 3 is 2.71 bits per heavy atom. The first kappa shape index (κ1) is 10.8. The van der Waals surface area contributed by atoms with Gasteiger partial charge in [0.1, 0.15) is 5.15 Å². The number of hydrogen-bond donors (Lipinski definition) is 0. The fourth-order valence-electron chi connectivity index (χ4n) is 2.38. The normalized spacial score (nSPS) is 14.0. The van der Waals surface area contributed by atoms with Crippen LogP contribution in [0, 0.1) is 6.92 Å². The number of halogens is 1. The SMILES string of the molecule is Cc1ccc(Cn2nc3c(c2Cl)CCC3)cc1. The molecular weight excluding hydrogens is 232 g/mol. The van der Waals surface area contributed by atoms with Crippen molar-refractivity contribution >= 4 is 11.6 Å². The molecule has 2 nitrogen and oxygen atoms in total. The number of hydrogen-bond acceptors (Lipinski definition) is 1. The number of benzene rings is 1. The average molecular weight is 247 g/mol. The van der Waals surface area contributed by atoms with Crippen molar-refractivity contribution in [3.63, 3.8) is 0 Å². The molecule has 0 saturated heterocycles. The van der Waals surface area contributed by atoms with Crippen LogP contribution in [-0.4, -0.2) is 9.78 Å². The van der Waals surface area contributed by atoms with Gasteiger partial charge in [0.25, 0.3) is 0 Å². The average Bonchev–Trinajstić information content (AvgIpc) is 2.87. The van der Waals surface area contributed by atoms with Crippen LogP contribution >= 0.6 is 11.6 Å². The third kappa shape index (κ3) is 1.98. The second kappa shape index (κ2) is 4.19. The number of aryl methyl sites for hydroxylation is 2. The zero-order valence-corrected chi connectivity index (χ0v) is 10.7. The predicted octanol–water partition coefficient (Wildman–Crippen LogP) is 3.38. The molecule has 0 bridgehead atoms. The van der Waals surface area contributed by atoms with Gasteiger partial charge in [0.15, 0.2) is 0 Å². The summed E-state index contributed by atoms with van der Waals surface area (Å²) in [5.41, 5.74) is 4.99. The van der Waals surface area contributed by atoms with Gasteiger partial charge < -0.3 is 0 Å². The maximum Gasteiger partial charge on any atom is 0.130 e. The number of nitrogens with zero attached hydrogens (tertiary/aromatic N) is 2. The zero-order chi connectivity index (χ0) is 11.8. The molecule has 1 aromatic heterocycles. The Kier molecular flexibility index (Phi) is 2.67. The summed E-state index contributed by atoms with van der Waals surface area (Å²) in [5.74, 6) is 0. The first-order chi connectivity index (χ1) is 8.24. The molecule has 1 aromatic carbocycles. The third-order valence-electron chi connectivity index (χ3n) is 3.36. The molecule has 88 valence electrons. The topological polar surface area (TPSA) is 17.8 Å². The van der Waals surface area contributed by atoms with E-state index in [-0.39, 0.29) is 0 Å². The molecule has 0 amide bonds. The van der Waals surface area contributed by atoms with Gasteiger partial charge in [-0.25, -0.2) is 4.68 Å². The molecule has 3 rings (SSSR count). The van der Waals surface area contributed by atoms with Crippen molar-refractivity contribution < 1.29 is 0 Å². The summed E-state index contributed by atoms with van der Waals surface area (Å²) in [6.45, 7) is 2.87. The van der Waals surface area contributed by atoms with E-state index in [0.29, 0.717) is 0 Å². The minimum absolute atomic E-state index is 0.770. The van der Waals surface area contributed by atoms with E-state index in [0.717, 1.165) is 24.5 Å². The van der Waals surface area contributed by atoms with E-state index >= 15 is 0 Å². The highest BCUT2D eigenvalue weighted by molar-refractivity contribution is 6.30. The van der Waals surface area contributed by atoms with Gasteiger partial charge in [-0.15, -0.1) is 0 Å². The lowest BCUT2D eigenvalue weighted by Gasteiger charge is -2.05. The summed E-state index contributed by atoms with van der Waals surface area (Å²) < 4.78 is 1.93. The molecule has 0 saturated carbocycles. The molecule has 0 radical (unpaired) electrons. The minimum atomic E-state index is 0.770. The van der Waals surface area contributed by atoms with E-state index in [2.05, 4.69) is 36.3 Å². The molecule has 17 heavy (non-hydrogen) atoms. The van der Waals surface area contributed by atoms with E-state index < -0.39 is 0 Å². The predicted molar refractivity (Wildman–Crippen MR) is 69.5 cm³/mol. The Balaban J connectivity index is 1.88. The highest BCUT2D eigenvalue weighted by Crippen LogP contribution is 2.28. The fraction of sp³-hybridized carbons (Fsp3) is 0.357. The fourth-order valence-corrected chi connectivity index (χ4v) is 2.68. The largest absolute Gasteiger partial charge is 0.249 e. The van der Waals surface area contributed by atoms with Crippen LogP contribution in [0.25, 0.3) is 0 Å². The number of rotatable bonds is 2. The lowest BCUT2D eigenvalue weighted by atomic mass is 10.1. The highest BCUT2D eigenvalue weighted by Gasteiger charge is 2.20. The Morgan fingerprint density at radius 2 is 2.00 bits per heavy atom. The minimum Gasteiger partial charge on any atom is -0.249 e. The van der Waals surface area contributed by atoms with Crippen molar-refractivity contribution in [3.8, 4) is 0 Å². The maximum atomic E-state index is 6.35. The summed E-state index contributed by atoms with van der Waals surface area (Å²) in [6, 6.07) is 8.53. The first-order valence-corrected chi connectivity index (χ1v) is 6.41.